The van der Waals surface area contributed by atoms with E-state index in [0.717, 1.165) is 12.3 Å². The minimum Gasteiger partial charge on any atom is -0.165 e. The van der Waals surface area contributed by atoms with Gasteiger partial charge in [-0.3, -0.25) is 0 Å². The molecule has 0 fully saturated rings. The highest BCUT2D eigenvalue weighted by Gasteiger charge is 1.97. The van der Waals surface area contributed by atoms with Gasteiger partial charge in [0.05, 0.1) is 0 Å². The molecule has 0 rings (SSSR count). The summed E-state index contributed by atoms with van der Waals surface area (Å²) in [6.07, 6.45) is 2.35. The zero-order valence-corrected chi connectivity index (χ0v) is 7.25. The van der Waals surface area contributed by atoms with E-state index in [1.54, 1.807) is 0 Å². The summed E-state index contributed by atoms with van der Waals surface area (Å²) < 4.78 is 0.275. The quantitative estimate of drug-likeness (QED) is 0.448. The van der Waals surface area contributed by atoms with Crippen LogP contribution in [0.25, 0.3) is 0 Å². The molecule has 0 spiro atoms. The highest BCUT2D eigenvalue weighted by molar-refractivity contribution is 7.99. The molecule has 50 valence electrons. The fourth-order valence-electron chi connectivity index (χ4n) is 0.482. The number of thiol groups is 2. The fraction of sp³-hybridized carbons (Fsp3) is 1.00. The van der Waals surface area contributed by atoms with Gasteiger partial charge in [-0.2, -0.15) is 25.3 Å². The van der Waals surface area contributed by atoms with E-state index in [1.165, 1.54) is 6.42 Å². The molecule has 0 atom stereocenters. The van der Waals surface area contributed by atoms with Crippen LogP contribution in [-0.4, -0.2) is 4.58 Å². The van der Waals surface area contributed by atoms with Crippen molar-refractivity contribution in [3.8, 4) is 0 Å². The Morgan fingerprint density at radius 1 is 1.12 bits per heavy atom. The van der Waals surface area contributed by atoms with Crippen LogP contribution in [0, 0.1) is 5.92 Å². The molecule has 0 aromatic rings. The van der Waals surface area contributed by atoms with Crippen LogP contribution < -0.4 is 0 Å². The van der Waals surface area contributed by atoms with E-state index in [1.807, 2.05) is 0 Å². The molecule has 0 aliphatic heterocycles. The third kappa shape index (κ3) is 6.70. The van der Waals surface area contributed by atoms with Crippen LogP contribution in [0.5, 0.6) is 0 Å². The smallest absolute Gasteiger partial charge is 0.0442 e. The molecule has 0 aliphatic rings. The first-order valence-corrected chi connectivity index (χ1v) is 4.02. The maximum Gasteiger partial charge on any atom is 0.0442 e. The molecule has 2 heteroatoms. The van der Waals surface area contributed by atoms with Crippen molar-refractivity contribution in [3.05, 3.63) is 0 Å². The van der Waals surface area contributed by atoms with Gasteiger partial charge in [0.1, 0.15) is 0 Å². The van der Waals surface area contributed by atoms with Crippen molar-refractivity contribution in [1.29, 1.82) is 0 Å². The molecule has 0 radical (unpaired) electrons. The lowest BCUT2D eigenvalue weighted by Gasteiger charge is -2.04. The second-order valence-electron chi connectivity index (χ2n) is 2.45. The highest BCUT2D eigenvalue weighted by Crippen LogP contribution is 2.12. The molecule has 8 heavy (non-hydrogen) atoms. The van der Waals surface area contributed by atoms with Crippen LogP contribution in [0.1, 0.15) is 26.7 Å². The second kappa shape index (κ2) is 4.57. The van der Waals surface area contributed by atoms with Gasteiger partial charge >= 0.3 is 0 Å². The topological polar surface area (TPSA) is 0 Å². The molecule has 0 saturated carbocycles. The van der Waals surface area contributed by atoms with Crippen molar-refractivity contribution in [2.45, 2.75) is 31.3 Å². The largest absolute Gasteiger partial charge is 0.165 e. The SMILES string of the molecule is CC(C)CCC(S)S. The molecule has 0 aliphatic carbocycles. The average Bonchev–Trinajstić information content (AvgIpc) is 1.61. The first-order chi connectivity index (χ1) is 3.63. The molecule has 0 amide bonds. The van der Waals surface area contributed by atoms with Crippen molar-refractivity contribution in [3.63, 3.8) is 0 Å². The standard InChI is InChI=1S/C6H14S2/c1-5(2)3-4-6(7)8/h5-8H,3-4H2,1-2H3. The summed E-state index contributed by atoms with van der Waals surface area (Å²) in [5, 5.41) is 0. The van der Waals surface area contributed by atoms with Crippen LogP contribution in [0.3, 0.4) is 0 Å². The van der Waals surface area contributed by atoms with E-state index >= 15 is 0 Å². The lowest BCUT2D eigenvalue weighted by Crippen LogP contribution is -1.92. The van der Waals surface area contributed by atoms with E-state index in [9.17, 15) is 0 Å². The van der Waals surface area contributed by atoms with Crippen LogP contribution >= 0.6 is 25.3 Å². The Labute approximate surface area is 62.9 Å². The maximum atomic E-state index is 4.14. The fourth-order valence-corrected chi connectivity index (χ4v) is 0.781. The first-order valence-electron chi connectivity index (χ1n) is 2.99. The van der Waals surface area contributed by atoms with Crippen molar-refractivity contribution in [2.75, 3.05) is 0 Å². The van der Waals surface area contributed by atoms with E-state index < -0.39 is 0 Å². The second-order valence-corrected chi connectivity index (χ2v) is 4.11. The Kier molecular flexibility index (Phi) is 4.97. The first kappa shape index (κ1) is 8.70. The summed E-state index contributed by atoms with van der Waals surface area (Å²) in [4.78, 5) is 0. The van der Waals surface area contributed by atoms with Crippen LogP contribution in [0.15, 0.2) is 0 Å². The summed E-state index contributed by atoms with van der Waals surface area (Å²) in [7, 11) is 0. The Bertz CT molecular complexity index is 42.5. The number of hydrogen-bond donors (Lipinski definition) is 2. The van der Waals surface area contributed by atoms with Gasteiger partial charge in [0.25, 0.3) is 0 Å². The van der Waals surface area contributed by atoms with Gasteiger partial charge in [0.15, 0.2) is 0 Å². The van der Waals surface area contributed by atoms with Gasteiger partial charge in [0, 0.05) is 4.58 Å². The molecule has 0 bridgehead atoms. The molecular weight excluding hydrogens is 136 g/mol. The van der Waals surface area contributed by atoms with Crippen molar-refractivity contribution in [1.82, 2.24) is 0 Å². The van der Waals surface area contributed by atoms with Gasteiger partial charge in [0.2, 0.25) is 0 Å². The normalized spacial score (nSPS) is 11.2. The predicted molar refractivity (Wildman–Crippen MR) is 45.8 cm³/mol. The summed E-state index contributed by atoms with van der Waals surface area (Å²) in [6.45, 7) is 4.42. The summed E-state index contributed by atoms with van der Waals surface area (Å²) in [5.74, 6) is 0.789. The molecule has 0 aromatic heterocycles. The average molecular weight is 150 g/mol. The van der Waals surface area contributed by atoms with Crippen LogP contribution in [-0.2, 0) is 0 Å². The van der Waals surface area contributed by atoms with Crippen molar-refractivity contribution >= 4 is 25.3 Å². The zero-order chi connectivity index (χ0) is 6.57. The number of rotatable bonds is 3. The van der Waals surface area contributed by atoms with E-state index in [4.69, 9.17) is 0 Å². The summed E-state index contributed by atoms with van der Waals surface area (Å²) >= 11 is 8.27. The molecular formula is C6H14S2. The highest BCUT2D eigenvalue weighted by atomic mass is 32.2. The molecule has 0 saturated heterocycles. The van der Waals surface area contributed by atoms with Crippen LogP contribution in [0.4, 0.5) is 0 Å². The van der Waals surface area contributed by atoms with E-state index in [2.05, 4.69) is 39.1 Å². The van der Waals surface area contributed by atoms with Gasteiger partial charge in [-0.05, 0) is 18.8 Å². The Balaban J connectivity index is 2.93. The van der Waals surface area contributed by atoms with Crippen molar-refractivity contribution < 1.29 is 0 Å². The molecule has 0 unspecified atom stereocenters. The summed E-state index contributed by atoms with van der Waals surface area (Å²) in [5.41, 5.74) is 0. The van der Waals surface area contributed by atoms with Gasteiger partial charge in [-0.25, -0.2) is 0 Å². The minimum absolute atomic E-state index is 0.275. The monoisotopic (exact) mass is 150 g/mol. The molecule has 0 heterocycles. The molecule has 0 nitrogen and oxygen atoms in total. The third-order valence-electron chi connectivity index (χ3n) is 1.00. The Morgan fingerprint density at radius 2 is 1.62 bits per heavy atom. The lowest BCUT2D eigenvalue weighted by atomic mass is 10.1. The van der Waals surface area contributed by atoms with Crippen LogP contribution in [0.2, 0.25) is 0 Å². The lowest BCUT2D eigenvalue weighted by molar-refractivity contribution is 0.574. The van der Waals surface area contributed by atoms with Gasteiger partial charge in [-0.15, -0.1) is 0 Å². The van der Waals surface area contributed by atoms with Gasteiger partial charge in [-0.1, -0.05) is 13.8 Å². The zero-order valence-electron chi connectivity index (χ0n) is 5.46. The Morgan fingerprint density at radius 3 is 1.75 bits per heavy atom. The van der Waals surface area contributed by atoms with Gasteiger partial charge < -0.3 is 0 Å². The van der Waals surface area contributed by atoms with Crippen molar-refractivity contribution in [2.24, 2.45) is 5.92 Å². The molecule has 0 aromatic carbocycles. The van der Waals surface area contributed by atoms with E-state index in [-0.39, 0.29) is 4.58 Å². The summed E-state index contributed by atoms with van der Waals surface area (Å²) in [6, 6.07) is 0. The predicted octanol–water partition coefficient (Wildman–Crippen LogP) is 2.61. The molecule has 0 N–H and O–H groups in total. The third-order valence-corrected chi connectivity index (χ3v) is 1.52. The minimum atomic E-state index is 0.275. The van der Waals surface area contributed by atoms with E-state index in [0.29, 0.717) is 0 Å². The Hall–Kier alpha value is 0.700. The number of hydrogen-bond acceptors (Lipinski definition) is 2. The maximum absolute atomic E-state index is 4.14.